The first kappa shape index (κ1) is 9.24. The summed E-state index contributed by atoms with van der Waals surface area (Å²) in [6.45, 7) is 0. The third kappa shape index (κ3) is 1.64. The zero-order chi connectivity index (χ0) is 10.3. The summed E-state index contributed by atoms with van der Waals surface area (Å²) in [5.41, 5.74) is 1.13. The Balaban J connectivity index is 2.11. The summed E-state index contributed by atoms with van der Waals surface area (Å²) < 4.78 is 1.01. The Morgan fingerprint density at radius 2 is 2.07 bits per heavy atom. The molecular formula is C11H7BrN2S. The van der Waals surface area contributed by atoms with E-state index in [0.29, 0.717) is 0 Å². The molecule has 1 N–H and O–H groups in total. The average Bonchev–Trinajstić information content (AvgIpc) is 2.26. The second-order valence-electron chi connectivity index (χ2n) is 3.22. The largest absolute Gasteiger partial charge is 0.338 e. The van der Waals surface area contributed by atoms with E-state index in [1.807, 2.05) is 12.1 Å². The summed E-state index contributed by atoms with van der Waals surface area (Å²) in [7, 11) is 0. The van der Waals surface area contributed by atoms with Crippen LogP contribution in [0, 0.1) is 0 Å². The quantitative estimate of drug-likeness (QED) is 0.672. The van der Waals surface area contributed by atoms with Crippen LogP contribution in [0.2, 0.25) is 0 Å². The summed E-state index contributed by atoms with van der Waals surface area (Å²) in [5.74, 6) is 0.932. The van der Waals surface area contributed by atoms with Gasteiger partial charge >= 0.3 is 0 Å². The molecule has 0 saturated carbocycles. The molecule has 0 radical (unpaired) electrons. The number of nitrogens with zero attached hydrogens (tertiary/aromatic N) is 1. The lowest BCUT2D eigenvalue weighted by atomic mass is 10.3. The van der Waals surface area contributed by atoms with Crippen molar-refractivity contribution in [1.82, 2.24) is 4.98 Å². The van der Waals surface area contributed by atoms with E-state index in [1.165, 1.54) is 4.90 Å². The fraction of sp³-hybridized carbons (Fsp3) is 0. The number of fused-ring (bicyclic) bond motifs is 2. The van der Waals surface area contributed by atoms with Crippen LogP contribution in [0.4, 0.5) is 11.5 Å². The summed E-state index contributed by atoms with van der Waals surface area (Å²) in [6.07, 6.45) is 1.81. The first-order valence-electron chi connectivity index (χ1n) is 4.52. The van der Waals surface area contributed by atoms with Crippen LogP contribution in [0.25, 0.3) is 0 Å². The molecule has 0 atom stereocenters. The van der Waals surface area contributed by atoms with Crippen LogP contribution in [-0.4, -0.2) is 4.98 Å². The van der Waals surface area contributed by atoms with E-state index >= 15 is 0 Å². The summed E-state index contributed by atoms with van der Waals surface area (Å²) in [5, 5.41) is 3.31. The lowest BCUT2D eigenvalue weighted by molar-refractivity contribution is 1.18. The van der Waals surface area contributed by atoms with Crippen LogP contribution in [0.1, 0.15) is 0 Å². The van der Waals surface area contributed by atoms with Gasteiger partial charge in [0.15, 0.2) is 0 Å². The predicted octanol–water partition coefficient (Wildman–Crippen LogP) is 4.05. The summed E-state index contributed by atoms with van der Waals surface area (Å²) in [6, 6.07) is 10.3. The van der Waals surface area contributed by atoms with Gasteiger partial charge in [0.05, 0.1) is 10.6 Å². The second kappa shape index (κ2) is 3.54. The molecule has 0 spiro atoms. The van der Waals surface area contributed by atoms with Crippen molar-refractivity contribution in [3.63, 3.8) is 0 Å². The van der Waals surface area contributed by atoms with E-state index in [-0.39, 0.29) is 0 Å². The number of aromatic nitrogens is 1. The van der Waals surface area contributed by atoms with Gasteiger partial charge in [-0.05, 0) is 34.1 Å². The number of halogens is 1. The van der Waals surface area contributed by atoms with Crippen molar-refractivity contribution < 1.29 is 0 Å². The van der Waals surface area contributed by atoms with E-state index in [1.54, 1.807) is 18.0 Å². The van der Waals surface area contributed by atoms with E-state index in [0.717, 1.165) is 20.9 Å². The molecule has 0 saturated heterocycles. The molecule has 15 heavy (non-hydrogen) atoms. The molecule has 1 aromatic carbocycles. The zero-order valence-electron chi connectivity index (χ0n) is 7.70. The highest BCUT2D eigenvalue weighted by Gasteiger charge is 2.15. The number of pyridine rings is 1. The van der Waals surface area contributed by atoms with Gasteiger partial charge in [-0.3, -0.25) is 0 Å². The summed E-state index contributed by atoms with van der Waals surface area (Å²) >= 11 is 5.17. The molecular weight excluding hydrogens is 272 g/mol. The third-order valence-corrected chi connectivity index (χ3v) is 3.72. The Morgan fingerprint density at radius 3 is 3.00 bits per heavy atom. The van der Waals surface area contributed by atoms with Gasteiger partial charge in [0.1, 0.15) is 5.82 Å². The van der Waals surface area contributed by atoms with Crippen LogP contribution in [-0.2, 0) is 0 Å². The van der Waals surface area contributed by atoms with Gasteiger partial charge in [0.25, 0.3) is 0 Å². The minimum absolute atomic E-state index is 0.932. The zero-order valence-corrected chi connectivity index (χ0v) is 10.1. The minimum Gasteiger partial charge on any atom is -0.338 e. The smallest absolute Gasteiger partial charge is 0.144 e. The van der Waals surface area contributed by atoms with Crippen LogP contribution >= 0.6 is 27.7 Å². The van der Waals surface area contributed by atoms with E-state index in [2.05, 4.69) is 44.4 Å². The third-order valence-electron chi connectivity index (χ3n) is 2.18. The average molecular weight is 279 g/mol. The fourth-order valence-electron chi connectivity index (χ4n) is 1.50. The first-order valence-corrected chi connectivity index (χ1v) is 6.13. The van der Waals surface area contributed by atoms with E-state index in [4.69, 9.17) is 0 Å². The molecule has 0 fully saturated rings. The van der Waals surface area contributed by atoms with Crippen LogP contribution in [0.15, 0.2) is 50.8 Å². The number of benzene rings is 1. The lowest BCUT2D eigenvalue weighted by Crippen LogP contribution is -2.01. The molecule has 0 amide bonds. The number of hydrogen-bond donors (Lipinski definition) is 1. The molecule has 3 rings (SSSR count). The maximum Gasteiger partial charge on any atom is 0.144 e. The molecule has 2 aromatic rings. The molecule has 2 nitrogen and oxygen atoms in total. The topological polar surface area (TPSA) is 24.9 Å². The molecule has 74 valence electrons. The maximum absolute atomic E-state index is 4.34. The van der Waals surface area contributed by atoms with Crippen LogP contribution in [0.5, 0.6) is 0 Å². The number of para-hydroxylation sites is 1. The van der Waals surface area contributed by atoms with Crippen molar-refractivity contribution in [3.05, 3.63) is 41.0 Å². The first-order chi connectivity index (χ1) is 7.33. The van der Waals surface area contributed by atoms with Crippen molar-refractivity contribution in [2.24, 2.45) is 0 Å². The maximum atomic E-state index is 4.34. The highest BCUT2D eigenvalue weighted by Crippen LogP contribution is 2.43. The van der Waals surface area contributed by atoms with Gasteiger partial charge in [0, 0.05) is 15.6 Å². The number of anilines is 2. The van der Waals surface area contributed by atoms with Gasteiger partial charge in [-0.2, -0.15) is 0 Å². The predicted molar refractivity (Wildman–Crippen MR) is 65.8 cm³/mol. The molecule has 1 aliphatic heterocycles. The van der Waals surface area contributed by atoms with Gasteiger partial charge in [0.2, 0.25) is 0 Å². The highest BCUT2D eigenvalue weighted by molar-refractivity contribution is 9.10. The van der Waals surface area contributed by atoms with Gasteiger partial charge in [-0.15, -0.1) is 0 Å². The molecule has 0 aliphatic carbocycles. The van der Waals surface area contributed by atoms with Gasteiger partial charge < -0.3 is 5.32 Å². The van der Waals surface area contributed by atoms with Crippen molar-refractivity contribution in [2.75, 3.05) is 5.32 Å². The molecule has 4 heteroatoms. The number of rotatable bonds is 0. The van der Waals surface area contributed by atoms with Crippen molar-refractivity contribution in [3.8, 4) is 0 Å². The molecule has 0 unspecified atom stereocenters. The molecule has 1 aliphatic rings. The Morgan fingerprint density at radius 1 is 1.20 bits per heavy atom. The molecule has 1 aromatic heterocycles. The normalized spacial score (nSPS) is 12.6. The van der Waals surface area contributed by atoms with Crippen molar-refractivity contribution >= 4 is 39.2 Å². The number of hydrogen-bond acceptors (Lipinski definition) is 3. The Kier molecular flexibility index (Phi) is 2.18. The fourth-order valence-corrected chi connectivity index (χ4v) is 2.98. The lowest BCUT2D eigenvalue weighted by Gasteiger charge is -2.19. The van der Waals surface area contributed by atoms with Crippen LogP contribution < -0.4 is 5.32 Å². The Hall–Kier alpha value is -1.00. The Labute approximate surface area is 100 Å². The minimum atomic E-state index is 0.932. The summed E-state index contributed by atoms with van der Waals surface area (Å²) in [4.78, 5) is 6.74. The Bertz CT molecular complexity index is 528. The second-order valence-corrected chi connectivity index (χ2v) is 5.22. The molecule has 0 bridgehead atoms. The number of nitrogens with one attached hydrogen (secondary N) is 1. The monoisotopic (exact) mass is 278 g/mol. The highest BCUT2D eigenvalue weighted by atomic mass is 79.9. The van der Waals surface area contributed by atoms with Crippen molar-refractivity contribution in [1.29, 1.82) is 0 Å². The van der Waals surface area contributed by atoms with E-state index < -0.39 is 0 Å². The standard InChI is InChI=1S/C11H7BrN2S/c12-7-5-10-11(13-6-7)14-8-3-1-2-4-9(8)15-10/h1-6H,(H,13,14). The van der Waals surface area contributed by atoms with Gasteiger partial charge in [-0.25, -0.2) is 4.98 Å². The van der Waals surface area contributed by atoms with E-state index in [9.17, 15) is 0 Å². The molecule has 2 heterocycles. The SMILES string of the molecule is Brc1cnc2c(c1)Sc1ccccc1N2. The van der Waals surface area contributed by atoms with Crippen LogP contribution in [0.3, 0.4) is 0 Å². The van der Waals surface area contributed by atoms with Gasteiger partial charge in [-0.1, -0.05) is 23.9 Å². The van der Waals surface area contributed by atoms with Crippen molar-refractivity contribution in [2.45, 2.75) is 9.79 Å².